The molecular formula is C14H9BrClNO2S. The fourth-order valence-electron chi connectivity index (χ4n) is 1.49. The van der Waals surface area contributed by atoms with Gasteiger partial charge in [0.1, 0.15) is 6.61 Å². The number of hydrogen-bond donors (Lipinski definition) is 2. The van der Waals surface area contributed by atoms with Gasteiger partial charge in [0.05, 0.1) is 15.0 Å². The quantitative estimate of drug-likeness (QED) is 0.791. The third-order valence-corrected chi connectivity index (χ3v) is 4.10. The van der Waals surface area contributed by atoms with Crippen LogP contribution in [0.4, 0.5) is 5.69 Å². The van der Waals surface area contributed by atoms with E-state index in [1.165, 1.54) is 11.3 Å². The Balaban J connectivity index is 2.26. The summed E-state index contributed by atoms with van der Waals surface area (Å²) in [4.78, 5) is 12.1. The molecule has 0 saturated heterocycles. The number of aliphatic hydroxyl groups is 1. The largest absolute Gasteiger partial charge is 0.384 e. The molecule has 0 aliphatic carbocycles. The van der Waals surface area contributed by atoms with Crippen LogP contribution in [0.2, 0.25) is 5.02 Å². The maximum Gasteiger partial charge on any atom is 0.256 e. The highest BCUT2D eigenvalue weighted by Crippen LogP contribution is 2.23. The van der Waals surface area contributed by atoms with Crippen molar-refractivity contribution in [1.29, 1.82) is 0 Å². The van der Waals surface area contributed by atoms with Gasteiger partial charge >= 0.3 is 0 Å². The minimum absolute atomic E-state index is 0.221. The molecule has 2 N–H and O–H groups in total. The molecule has 1 aromatic carbocycles. The molecule has 0 aliphatic rings. The molecule has 0 bridgehead atoms. The number of nitrogens with one attached hydrogen (secondary N) is 1. The molecule has 3 nitrogen and oxygen atoms in total. The maximum absolute atomic E-state index is 12.1. The lowest BCUT2D eigenvalue weighted by Gasteiger charge is -2.07. The average Bonchev–Trinajstić information content (AvgIpc) is 2.85. The lowest BCUT2D eigenvalue weighted by atomic mass is 10.1. The van der Waals surface area contributed by atoms with Gasteiger partial charge in [0.2, 0.25) is 0 Å². The number of anilines is 1. The number of aliphatic hydroxyl groups excluding tert-OH is 1. The monoisotopic (exact) mass is 369 g/mol. The number of carbonyl (C=O) groups is 1. The Kier molecular flexibility index (Phi) is 5.21. The molecule has 0 saturated carbocycles. The van der Waals surface area contributed by atoms with Crippen molar-refractivity contribution in [3.8, 4) is 11.8 Å². The van der Waals surface area contributed by atoms with Crippen LogP contribution in [-0.2, 0) is 0 Å². The minimum atomic E-state index is -0.253. The number of amides is 1. The molecule has 0 atom stereocenters. The summed E-state index contributed by atoms with van der Waals surface area (Å²) >= 11 is 10.7. The lowest BCUT2D eigenvalue weighted by Crippen LogP contribution is -2.11. The number of halogens is 2. The van der Waals surface area contributed by atoms with E-state index in [2.05, 4.69) is 33.1 Å². The first-order chi connectivity index (χ1) is 9.60. The van der Waals surface area contributed by atoms with E-state index in [9.17, 15) is 4.79 Å². The van der Waals surface area contributed by atoms with Crippen molar-refractivity contribution in [3.63, 3.8) is 0 Å². The van der Waals surface area contributed by atoms with E-state index >= 15 is 0 Å². The topological polar surface area (TPSA) is 49.3 Å². The molecule has 0 aliphatic heterocycles. The predicted octanol–water partition coefficient (Wildman–Crippen LogP) is 3.76. The van der Waals surface area contributed by atoms with Gasteiger partial charge in [-0.3, -0.25) is 4.79 Å². The molecule has 0 unspecified atom stereocenters. The first-order valence-corrected chi connectivity index (χ1v) is 7.60. The highest BCUT2D eigenvalue weighted by atomic mass is 79.9. The van der Waals surface area contributed by atoms with E-state index in [-0.39, 0.29) is 12.5 Å². The smallest absolute Gasteiger partial charge is 0.256 e. The summed E-state index contributed by atoms with van der Waals surface area (Å²) < 4.78 is 0.888. The van der Waals surface area contributed by atoms with Crippen molar-refractivity contribution in [2.75, 3.05) is 11.9 Å². The van der Waals surface area contributed by atoms with Crippen LogP contribution in [0.1, 0.15) is 15.9 Å². The van der Waals surface area contributed by atoms with Crippen molar-refractivity contribution < 1.29 is 9.90 Å². The van der Waals surface area contributed by atoms with Crippen LogP contribution in [0.15, 0.2) is 33.4 Å². The normalized spacial score (nSPS) is 9.75. The van der Waals surface area contributed by atoms with Gasteiger partial charge in [0.25, 0.3) is 5.91 Å². The Bertz CT molecular complexity index is 703. The van der Waals surface area contributed by atoms with Crippen LogP contribution in [0, 0.1) is 11.8 Å². The second kappa shape index (κ2) is 6.91. The van der Waals surface area contributed by atoms with Gasteiger partial charge in [0, 0.05) is 16.0 Å². The SMILES string of the molecule is O=C(Nc1ccc(Cl)cc1C#CCO)c1csc(Br)c1. The van der Waals surface area contributed by atoms with Crippen LogP contribution < -0.4 is 5.32 Å². The van der Waals surface area contributed by atoms with E-state index in [1.807, 2.05) is 0 Å². The third kappa shape index (κ3) is 3.84. The van der Waals surface area contributed by atoms with Gasteiger partial charge in [-0.15, -0.1) is 11.3 Å². The Morgan fingerprint density at radius 1 is 1.45 bits per heavy atom. The minimum Gasteiger partial charge on any atom is -0.384 e. The summed E-state index contributed by atoms with van der Waals surface area (Å²) in [5.41, 5.74) is 1.69. The van der Waals surface area contributed by atoms with Crippen molar-refractivity contribution in [1.82, 2.24) is 0 Å². The highest BCUT2D eigenvalue weighted by Gasteiger charge is 2.10. The zero-order chi connectivity index (χ0) is 14.5. The zero-order valence-electron chi connectivity index (χ0n) is 10.1. The Morgan fingerprint density at radius 2 is 2.25 bits per heavy atom. The highest BCUT2D eigenvalue weighted by molar-refractivity contribution is 9.11. The van der Waals surface area contributed by atoms with Crippen molar-refractivity contribution >= 4 is 50.5 Å². The molecule has 2 aromatic rings. The second-order valence-electron chi connectivity index (χ2n) is 3.74. The van der Waals surface area contributed by atoms with E-state index in [1.54, 1.807) is 29.6 Å². The van der Waals surface area contributed by atoms with E-state index < -0.39 is 0 Å². The molecule has 0 fully saturated rings. The van der Waals surface area contributed by atoms with Gasteiger partial charge in [-0.25, -0.2) is 0 Å². The lowest BCUT2D eigenvalue weighted by molar-refractivity contribution is 0.102. The van der Waals surface area contributed by atoms with E-state index in [4.69, 9.17) is 16.7 Å². The summed E-state index contributed by atoms with van der Waals surface area (Å²) in [6.45, 7) is -0.253. The van der Waals surface area contributed by atoms with Gasteiger partial charge in [-0.1, -0.05) is 23.4 Å². The zero-order valence-corrected chi connectivity index (χ0v) is 13.3. The molecule has 20 heavy (non-hydrogen) atoms. The van der Waals surface area contributed by atoms with Crippen LogP contribution in [0.25, 0.3) is 0 Å². The van der Waals surface area contributed by atoms with Crippen molar-refractivity contribution in [2.45, 2.75) is 0 Å². The van der Waals surface area contributed by atoms with Gasteiger partial charge < -0.3 is 10.4 Å². The van der Waals surface area contributed by atoms with Gasteiger partial charge in [-0.2, -0.15) is 0 Å². The molecule has 102 valence electrons. The number of hydrogen-bond acceptors (Lipinski definition) is 3. The molecule has 0 radical (unpaired) electrons. The number of benzene rings is 1. The Labute approximate surface area is 133 Å². The predicted molar refractivity (Wildman–Crippen MR) is 85.4 cm³/mol. The van der Waals surface area contributed by atoms with Crippen molar-refractivity contribution in [2.24, 2.45) is 0 Å². The fraction of sp³-hybridized carbons (Fsp3) is 0.0714. The summed E-state index contributed by atoms with van der Waals surface area (Å²) in [6.07, 6.45) is 0. The summed E-state index contributed by atoms with van der Waals surface area (Å²) in [7, 11) is 0. The molecule has 2 rings (SSSR count). The molecule has 0 spiro atoms. The first-order valence-electron chi connectivity index (χ1n) is 5.55. The number of carbonyl (C=O) groups excluding carboxylic acids is 1. The van der Waals surface area contributed by atoms with Crippen LogP contribution in [-0.4, -0.2) is 17.6 Å². The molecule has 6 heteroatoms. The Morgan fingerprint density at radius 3 is 2.90 bits per heavy atom. The third-order valence-electron chi connectivity index (χ3n) is 2.36. The standard InChI is InChI=1S/C14H9BrClNO2S/c15-13-7-10(8-20-13)14(19)17-12-4-3-11(16)6-9(12)2-1-5-18/h3-4,6-8,18H,5H2,(H,17,19). The molecule has 1 amide bonds. The molecule has 1 heterocycles. The summed E-state index contributed by atoms with van der Waals surface area (Å²) in [6, 6.07) is 6.74. The number of rotatable bonds is 2. The first kappa shape index (κ1) is 15.1. The Hall–Kier alpha value is -1.32. The summed E-state index contributed by atoms with van der Waals surface area (Å²) in [5, 5.41) is 13.8. The molecular weight excluding hydrogens is 362 g/mol. The maximum atomic E-state index is 12.1. The van der Waals surface area contributed by atoms with E-state index in [0.717, 1.165) is 3.79 Å². The van der Waals surface area contributed by atoms with Crippen LogP contribution in [0.3, 0.4) is 0 Å². The average molecular weight is 371 g/mol. The molecule has 1 aromatic heterocycles. The second-order valence-corrected chi connectivity index (χ2v) is 6.47. The van der Waals surface area contributed by atoms with Gasteiger partial charge in [0.15, 0.2) is 0 Å². The van der Waals surface area contributed by atoms with E-state index in [0.29, 0.717) is 21.8 Å². The fourth-order valence-corrected chi connectivity index (χ4v) is 2.80. The van der Waals surface area contributed by atoms with Crippen molar-refractivity contribution in [3.05, 3.63) is 49.6 Å². The van der Waals surface area contributed by atoms with Crippen LogP contribution in [0.5, 0.6) is 0 Å². The van der Waals surface area contributed by atoms with Gasteiger partial charge in [-0.05, 0) is 40.2 Å². The number of thiophene rings is 1. The van der Waals surface area contributed by atoms with Crippen LogP contribution >= 0.6 is 38.9 Å². The summed E-state index contributed by atoms with van der Waals surface area (Å²) in [5.74, 6) is 5.08.